The summed E-state index contributed by atoms with van der Waals surface area (Å²) in [5.41, 5.74) is 1.32. The van der Waals surface area contributed by atoms with Crippen molar-refractivity contribution >= 4 is 17.7 Å². The third-order valence-electron chi connectivity index (χ3n) is 2.53. The van der Waals surface area contributed by atoms with Crippen LogP contribution in [0, 0.1) is 0 Å². The van der Waals surface area contributed by atoms with Crippen LogP contribution in [0.5, 0.6) is 0 Å². The van der Waals surface area contributed by atoms with Crippen LogP contribution >= 0.6 is 11.8 Å². The quantitative estimate of drug-likeness (QED) is 0.833. The van der Waals surface area contributed by atoms with Crippen LogP contribution in [0.3, 0.4) is 0 Å². The Kier molecular flexibility index (Phi) is 4.73. The average molecular weight is 298 g/mol. The molecule has 0 saturated carbocycles. The Morgan fingerprint density at radius 2 is 2.05 bits per heavy atom. The number of hydrogen-bond acceptors (Lipinski definition) is 3. The van der Waals surface area contributed by atoms with E-state index >= 15 is 0 Å². The number of aliphatic carboxylic acids is 1. The van der Waals surface area contributed by atoms with E-state index in [-0.39, 0.29) is 10.9 Å². The second-order valence-electron chi connectivity index (χ2n) is 3.98. The molecule has 106 valence electrons. The van der Waals surface area contributed by atoms with Gasteiger partial charge in [-0.25, -0.2) is 13.8 Å². The van der Waals surface area contributed by atoms with E-state index in [2.05, 4.69) is 4.98 Å². The molecule has 4 nitrogen and oxygen atoms in total. The molecule has 1 aromatic heterocycles. The van der Waals surface area contributed by atoms with Crippen LogP contribution in [0.15, 0.2) is 41.7 Å². The lowest BCUT2D eigenvalue weighted by Crippen LogP contribution is -2.10. The average Bonchev–Trinajstić information content (AvgIpc) is 2.79. The highest BCUT2D eigenvalue weighted by atomic mass is 32.2. The smallest absolute Gasteiger partial charge is 0.313 e. The van der Waals surface area contributed by atoms with E-state index in [0.717, 1.165) is 17.3 Å². The molecule has 2 rings (SSSR count). The number of halogens is 2. The van der Waals surface area contributed by atoms with Crippen molar-refractivity contribution < 1.29 is 18.7 Å². The second-order valence-corrected chi connectivity index (χ2v) is 4.92. The standard InChI is InChI=1S/C13H12F2N2O2S/c14-11(15)7-17-10(9-4-2-1-3-5-9)6-16-13(17)20-8-12(18)19/h1-6,11H,7-8H2,(H,18,19). The van der Waals surface area contributed by atoms with Gasteiger partial charge >= 0.3 is 5.97 Å². The van der Waals surface area contributed by atoms with Crippen LogP contribution in [-0.2, 0) is 11.3 Å². The number of imidazole rings is 1. The first-order valence-corrected chi connectivity index (χ1v) is 6.80. The number of benzene rings is 1. The van der Waals surface area contributed by atoms with E-state index in [1.807, 2.05) is 6.07 Å². The topological polar surface area (TPSA) is 55.1 Å². The highest BCUT2D eigenvalue weighted by molar-refractivity contribution is 7.99. The molecule has 0 saturated heterocycles. The fraction of sp³-hybridized carbons (Fsp3) is 0.231. The molecule has 1 heterocycles. The third-order valence-corrected chi connectivity index (χ3v) is 3.51. The Morgan fingerprint density at radius 1 is 1.35 bits per heavy atom. The molecule has 0 fully saturated rings. The maximum Gasteiger partial charge on any atom is 0.313 e. The first-order chi connectivity index (χ1) is 9.58. The molecule has 0 aliphatic rings. The fourth-order valence-electron chi connectivity index (χ4n) is 1.75. The van der Waals surface area contributed by atoms with Gasteiger partial charge in [0.2, 0.25) is 0 Å². The van der Waals surface area contributed by atoms with Gasteiger partial charge in [-0.3, -0.25) is 4.79 Å². The SMILES string of the molecule is O=C(O)CSc1ncc(-c2ccccc2)n1CC(F)F. The van der Waals surface area contributed by atoms with Crippen molar-refractivity contribution in [1.29, 1.82) is 0 Å². The Bertz CT molecular complexity index is 587. The van der Waals surface area contributed by atoms with Crippen molar-refractivity contribution in [3.8, 4) is 11.3 Å². The number of carbonyl (C=O) groups is 1. The van der Waals surface area contributed by atoms with Crippen LogP contribution < -0.4 is 0 Å². The maximum absolute atomic E-state index is 12.7. The molecule has 0 aliphatic carbocycles. The molecule has 1 N–H and O–H groups in total. The normalized spacial score (nSPS) is 10.9. The van der Waals surface area contributed by atoms with Gasteiger partial charge < -0.3 is 9.67 Å². The van der Waals surface area contributed by atoms with E-state index in [4.69, 9.17) is 5.11 Å². The summed E-state index contributed by atoms with van der Waals surface area (Å²) in [5.74, 6) is -1.23. The number of hydrogen-bond donors (Lipinski definition) is 1. The van der Waals surface area contributed by atoms with Gasteiger partial charge in [-0.1, -0.05) is 42.1 Å². The predicted molar refractivity (Wildman–Crippen MR) is 72.0 cm³/mol. The molecule has 0 radical (unpaired) electrons. The van der Waals surface area contributed by atoms with Crippen LogP contribution in [0.2, 0.25) is 0 Å². The summed E-state index contributed by atoms with van der Waals surface area (Å²) in [7, 11) is 0. The molecular formula is C13H12F2N2O2S. The molecule has 0 unspecified atom stereocenters. The van der Waals surface area contributed by atoms with Crippen molar-refractivity contribution in [2.75, 3.05) is 5.75 Å². The number of thioether (sulfide) groups is 1. The minimum atomic E-state index is -2.53. The maximum atomic E-state index is 12.7. The van der Waals surface area contributed by atoms with Gasteiger partial charge in [-0.2, -0.15) is 0 Å². The fourth-order valence-corrected chi connectivity index (χ4v) is 2.46. The lowest BCUT2D eigenvalue weighted by molar-refractivity contribution is -0.133. The molecule has 0 amide bonds. The lowest BCUT2D eigenvalue weighted by atomic mass is 10.2. The molecule has 7 heteroatoms. The van der Waals surface area contributed by atoms with Gasteiger partial charge in [0, 0.05) is 0 Å². The summed E-state index contributed by atoms with van der Waals surface area (Å²) in [6.07, 6.45) is -1.04. The first kappa shape index (κ1) is 14.5. The largest absolute Gasteiger partial charge is 0.481 e. The van der Waals surface area contributed by atoms with E-state index in [1.54, 1.807) is 24.3 Å². The number of alkyl halides is 2. The molecular weight excluding hydrogens is 286 g/mol. The van der Waals surface area contributed by atoms with E-state index in [1.165, 1.54) is 10.8 Å². The van der Waals surface area contributed by atoms with Crippen molar-refractivity contribution in [1.82, 2.24) is 9.55 Å². The number of nitrogens with zero attached hydrogens (tertiary/aromatic N) is 2. The molecule has 0 atom stereocenters. The summed E-state index contributed by atoms with van der Waals surface area (Å²) in [4.78, 5) is 14.6. The molecule has 0 spiro atoms. The monoisotopic (exact) mass is 298 g/mol. The van der Waals surface area contributed by atoms with E-state index < -0.39 is 18.9 Å². The number of carboxylic acid groups (broad SMARTS) is 1. The highest BCUT2D eigenvalue weighted by Crippen LogP contribution is 2.26. The second kappa shape index (κ2) is 6.51. The summed E-state index contributed by atoms with van der Waals surface area (Å²) in [6.45, 7) is -0.508. The Morgan fingerprint density at radius 3 is 2.65 bits per heavy atom. The molecule has 20 heavy (non-hydrogen) atoms. The van der Waals surface area contributed by atoms with Crippen molar-refractivity contribution in [2.45, 2.75) is 18.1 Å². The zero-order chi connectivity index (χ0) is 14.5. The zero-order valence-electron chi connectivity index (χ0n) is 10.4. The summed E-state index contributed by atoms with van der Waals surface area (Å²) in [6, 6.07) is 9.03. The minimum Gasteiger partial charge on any atom is -0.481 e. The van der Waals surface area contributed by atoms with Gasteiger partial charge in [-0.05, 0) is 5.56 Å². The van der Waals surface area contributed by atoms with Gasteiger partial charge in [0.05, 0.1) is 24.2 Å². The first-order valence-electron chi connectivity index (χ1n) is 5.81. The van der Waals surface area contributed by atoms with Crippen molar-refractivity contribution in [2.24, 2.45) is 0 Å². The van der Waals surface area contributed by atoms with Crippen molar-refractivity contribution in [3.05, 3.63) is 36.5 Å². The van der Waals surface area contributed by atoms with E-state index in [9.17, 15) is 13.6 Å². The summed E-state index contributed by atoms with van der Waals surface area (Å²) < 4.78 is 26.8. The van der Waals surface area contributed by atoms with Gasteiger partial charge in [0.25, 0.3) is 6.43 Å². The van der Waals surface area contributed by atoms with Gasteiger partial charge in [0.15, 0.2) is 5.16 Å². The Hall–Kier alpha value is -1.89. The zero-order valence-corrected chi connectivity index (χ0v) is 11.2. The summed E-state index contributed by atoms with van der Waals surface area (Å²) >= 11 is 0.932. The molecule has 0 aliphatic heterocycles. The molecule has 0 bridgehead atoms. The number of aromatic nitrogens is 2. The predicted octanol–water partition coefficient (Wildman–Crippen LogP) is 2.99. The van der Waals surface area contributed by atoms with Crippen molar-refractivity contribution in [3.63, 3.8) is 0 Å². The van der Waals surface area contributed by atoms with Crippen LogP contribution in [0.4, 0.5) is 8.78 Å². The Labute approximate surface area is 118 Å². The van der Waals surface area contributed by atoms with Crippen LogP contribution in [-0.4, -0.2) is 32.8 Å². The Balaban J connectivity index is 2.34. The van der Waals surface area contributed by atoms with Crippen LogP contribution in [0.25, 0.3) is 11.3 Å². The number of carboxylic acids is 1. The van der Waals surface area contributed by atoms with Gasteiger partial charge in [0.1, 0.15) is 0 Å². The molecule has 1 aromatic carbocycles. The number of rotatable bonds is 6. The highest BCUT2D eigenvalue weighted by Gasteiger charge is 2.16. The van der Waals surface area contributed by atoms with Gasteiger partial charge in [-0.15, -0.1) is 0 Å². The third kappa shape index (κ3) is 3.57. The van der Waals surface area contributed by atoms with Crippen LogP contribution in [0.1, 0.15) is 0 Å². The summed E-state index contributed by atoms with van der Waals surface area (Å²) in [5, 5.41) is 8.95. The van der Waals surface area contributed by atoms with E-state index in [0.29, 0.717) is 5.69 Å². The lowest BCUT2D eigenvalue weighted by Gasteiger charge is -2.10. The molecule has 2 aromatic rings. The minimum absolute atomic E-state index is 0.214.